The highest BCUT2D eigenvalue weighted by atomic mass is 19.3. The van der Waals surface area contributed by atoms with E-state index < -0.39 is 13.0 Å². The smallest absolute Gasteiger partial charge is 0.322 e. The van der Waals surface area contributed by atoms with Gasteiger partial charge < -0.3 is 24.4 Å². The minimum atomic E-state index is -2.55. The molecule has 0 radical (unpaired) electrons. The van der Waals surface area contributed by atoms with E-state index in [9.17, 15) is 13.6 Å². The Morgan fingerprint density at radius 2 is 1.83 bits per heavy atom. The Morgan fingerprint density at radius 1 is 1.21 bits per heavy atom. The first kappa shape index (κ1) is 20.1. The van der Waals surface area contributed by atoms with E-state index in [1.165, 1.54) is 6.07 Å². The Hall–Kier alpha value is -1.93. The SMILES string of the molecule is COCCN(CCOC)C(=O)Nc1ccc(C)c(OCC(F)F)c1. The minimum Gasteiger partial charge on any atom is -0.487 e. The summed E-state index contributed by atoms with van der Waals surface area (Å²) in [6, 6.07) is 4.59. The molecule has 24 heavy (non-hydrogen) atoms. The van der Waals surface area contributed by atoms with Crippen molar-refractivity contribution in [2.24, 2.45) is 0 Å². The summed E-state index contributed by atoms with van der Waals surface area (Å²) in [5, 5.41) is 2.72. The molecular formula is C16H24F2N2O4. The second-order valence-corrected chi connectivity index (χ2v) is 5.09. The van der Waals surface area contributed by atoms with Crippen LogP contribution in [0.3, 0.4) is 0 Å². The number of hydrogen-bond acceptors (Lipinski definition) is 4. The second-order valence-electron chi connectivity index (χ2n) is 5.09. The highest BCUT2D eigenvalue weighted by molar-refractivity contribution is 5.89. The molecule has 0 fully saturated rings. The van der Waals surface area contributed by atoms with Gasteiger partial charge in [-0.15, -0.1) is 0 Å². The third kappa shape index (κ3) is 7.10. The molecule has 0 atom stereocenters. The Kier molecular flexibility index (Phi) is 9.03. The summed E-state index contributed by atoms with van der Waals surface area (Å²) >= 11 is 0. The van der Waals surface area contributed by atoms with Crippen molar-refractivity contribution in [2.75, 3.05) is 52.4 Å². The molecule has 1 N–H and O–H groups in total. The van der Waals surface area contributed by atoms with Gasteiger partial charge in [0.2, 0.25) is 0 Å². The van der Waals surface area contributed by atoms with Gasteiger partial charge in [-0.05, 0) is 18.6 Å². The van der Waals surface area contributed by atoms with Crippen LogP contribution in [0.1, 0.15) is 5.56 Å². The first-order valence-corrected chi connectivity index (χ1v) is 7.53. The fourth-order valence-electron chi connectivity index (χ4n) is 1.91. The molecule has 0 aliphatic heterocycles. The molecule has 0 heterocycles. The van der Waals surface area contributed by atoms with E-state index in [0.29, 0.717) is 43.3 Å². The number of halogens is 2. The van der Waals surface area contributed by atoms with Crippen LogP contribution in [0, 0.1) is 6.92 Å². The lowest BCUT2D eigenvalue weighted by atomic mass is 10.2. The quantitative estimate of drug-likeness (QED) is 0.708. The standard InChI is InChI=1S/C16H24F2N2O4/c1-12-4-5-13(10-14(12)24-11-15(17)18)19-16(21)20(6-8-22-2)7-9-23-3/h4-5,10,15H,6-9,11H2,1-3H3,(H,19,21). The Labute approximate surface area is 140 Å². The average molecular weight is 346 g/mol. The number of nitrogens with zero attached hydrogens (tertiary/aromatic N) is 1. The molecular weight excluding hydrogens is 322 g/mol. The fourth-order valence-corrected chi connectivity index (χ4v) is 1.91. The molecule has 1 aromatic carbocycles. The molecule has 0 aromatic heterocycles. The topological polar surface area (TPSA) is 60.0 Å². The van der Waals surface area contributed by atoms with Crippen molar-refractivity contribution in [2.45, 2.75) is 13.3 Å². The monoisotopic (exact) mass is 346 g/mol. The summed E-state index contributed by atoms with van der Waals surface area (Å²) in [5.41, 5.74) is 1.18. The summed E-state index contributed by atoms with van der Waals surface area (Å²) in [7, 11) is 3.11. The van der Waals surface area contributed by atoms with E-state index in [-0.39, 0.29) is 6.03 Å². The van der Waals surface area contributed by atoms with Gasteiger partial charge in [0.1, 0.15) is 12.4 Å². The summed E-state index contributed by atoms with van der Waals surface area (Å²) in [4.78, 5) is 13.9. The van der Waals surface area contributed by atoms with Gasteiger partial charge in [0.25, 0.3) is 6.43 Å². The number of urea groups is 1. The minimum absolute atomic E-state index is 0.313. The zero-order valence-electron chi connectivity index (χ0n) is 14.2. The second kappa shape index (κ2) is 10.8. The Bertz CT molecular complexity index is 507. The Balaban J connectivity index is 2.73. The van der Waals surface area contributed by atoms with E-state index >= 15 is 0 Å². The lowest BCUT2D eigenvalue weighted by Crippen LogP contribution is -2.39. The molecule has 1 aromatic rings. The van der Waals surface area contributed by atoms with E-state index in [2.05, 4.69) is 5.32 Å². The van der Waals surface area contributed by atoms with Gasteiger partial charge in [0.05, 0.1) is 13.2 Å². The van der Waals surface area contributed by atoms with Crippen LogP contribution in [0.25, 0.3) is 0 Å². The number of rotatable bonds is 10. The van der Waals surface area contributed by atoms with Crippen molar-refractivity contribution in [3.05, 3.63) is 23.8 Å². The maximum atomic E-state index is 12.3. The van der Waals surface area contributed by atoms with Crippen molar-refractivity contribution in [3.63, 3.8) is 0 Å². The van der Waals surface area contributed by atoms with Crippen molar-refractivity contribution < 1.29 is 27.8 Å². The van der Waals surface area contributed by atoms with E-state index in [1.807, 2.05) is 0 Å². The number of carbonyl (C=O) groups is 1. The number of alkyl halides is 2. The summed E-state index contributed by atoms with van der Waals surface area (Å²) < 4.78 is 39.6. The summed E-state index contributed by atoms with van der Waals surface area (Å²) in [6.45, 7) is 2.67. The van der Waals surface area contributed by atoms with Crippen LogP contribution in [0.5, 0.6) is 5.75 Å². The van der Waals surface area contributed by atoms with Gasteiger partial charge in [-0.1, -0.05) is 6.07 Å². The highest BCUT2D eigenvalue weighted by Gasteiger charge is 2.14. The number of carbonyl (C=O) groups excluding carboxylic acids is 1. The van der Waals surface area contributed by atoms with E-state index in [1.54, 1.807) is 38.2 Å². The number of nitrogens with one attached hydrogen (secondary N) is 1. The largest absolute Gasteiger partial charge is 0.487 e. The number of benzene rings is 1. The first-order chi connectivity index (χ1) is 11.5. The van der Waals surface area contributed by atoms with Crippen LogP contribution in [0.2, 0.25) is 0 Å². The lowest BCUT2D eigenvalue weighted by Gasteiger charge is -2.22. The molecule has 0 unspecified atom stereocenters. The number of ether oxygens (including phenoxy) is 3. The molecule has 8 heteroatoms. The summed E-state index contributed by atoms with van der Waals surface area (Å²) in [6.07, 6.45) is -2.55. The number of hydrogen-bond donors (Lipinski definition) is 1. The third-order valence-electron chi connectivity index (χ3n) is 3.22. The van der Waals surface area contributed by atoms with Gasteiger partial charge in [-0.3, -0.25) is 0 Å². The summed E-state index contributed by atoms with van der Waals surface area (Å²) in [5.74, 6) is 0.313. The van der Waals surface area contributed by atoms with Gasteiger partial charge >= 0.3 is 6.03 Å². The van der Waals surface area contributed by atoms with Gasteiger partial charge in [0.15, 0.2) is 0 Å². The zero-order valence-corrected chi connectivity index (χ0v) is 14.2. The van der Waals surface area contributed by atoms with E-state index in [4.69, 9.17) is 14.2 Å². The molecule has 0 aliphatic rings. The Morgan fingerprint density at radius 3 is 2.38 bits per heavy atom. The van der Waals surface area contributed by atoms with Crippen LogP contribution in [0.4, 0.5) is 19.3 Å². The molecule has 0 spiro atoms. The van der Waals surface area contributed by atoms with Crippen LogP contribution >= 0.6 is 0 Å². The van der Waals surface area contributed by atoms with Gasteiger partial charge in [-0.25, -0.2) is 13.6 Å². The molecule has 0 saturated carbocycles. The molecule has 0 bridgehead atoms. The van der Waals surface area contributed by atoms with Gasteiger partial charge in [-0.2, -0.15) is 0 Å². The van der Waals surface area contributed by atoms with Crippen molar-refractivity contribution in [1.82, 2.24) is 4.90 Å². The maximum Gasteiger partial charge on any atom is 0.322 e. The molecule has 0 aliphatic carbocycles. The van der Waals surface area contributed by atoms with Gasteiger partial charge in [0, 0.05) is 39.1 Å². The number of amides is 2. The van der Waals surface area contributed by atoms with Crippen LogP contribution in [-0.4, -0.2) is 64.5 Å². The average Bonchev–Trinajstić information content (AvgIpc) is 2.55. The van der Waals surface area contributed by atoms with Crippen molar-refractivity contribution in [1.29, 1.82) is 0 Å². The van der Waals surface area contributed by atoms with Crippen molar-refractivity contribution >= 4 is 11.7 Å². The van der Waals surface area contributed by atoms with Crippen molar-refractivity contribution in [3.8, 4) is 5.75 Å². The normalized spacial score (nSPS) is 10.8. The zero-order chi connectivity index (χ0) is 17.9. The maximum absolute atomic E-state index is 12.3. The molecule has 6 nitrogen and oxygen atoms in total. The lowest BCUT2D eigenvalue weighted by molar-refractivity contribution is 0.0816. The van der Waals surface area contributed by atoms with Crippen LogP contribution in [-0.2, 0) is 9.47 Å². The predicted octanol–water partition coefficient (Wildman–Crippen LogP) is 2.77. The molecule has 2 amide bonds. The molecule has 0 saturated heterocycles. The number of methoxy groups -OCH3 is 2. The predicted molar refractivity (Wildman–Crippen MR) is 87.0 cm³/mol. The van der Waals surface area contributed by atoms with E-state index in [0.717, 1.165) is 0 Å². The fraction of sp³-hybridized carbons (Fsp3) is 0.562. The third-order valence-corrected chi connectivity index (χ3v) is 3.22. The molecule has 1 rings (SSSR count). The highest BCUT2D eigenvalue weighted by Crippen LogP contribution is 2.23. The van der Waals surface area contributed by atoms with Crippen LogP contribution < -0.4 is 10.1 Å². The van der Waals surface area contributed by atoms with Crippen LogP contribution in [0.15, 0.2) is 18.2 Å². The molecule has 136 valence electrons. The number of anilines is 1. The number of aryl methyl sites for hydroxylation is 1. The first-order valence-electron chi connectivity index (χ1n) is 7.53.